The summed E-state index contributed by atoms with van der Waals surface area (Å²) in [5, 5.41) is 29.0. The van der Waals surface area contributed by atoms with Crippen molar-refractivity contribution in [3.05, 3.63) is 11.3 Å². The first-order valence-corrected chi connectivity index (χ1v) is 4.14. The number of nitrogens with zero attached hydrogens (tertiary/aromatic N) is 1. The van der Waals surface area contributed by atoms with E-state index in [9.17, 15) is 9.90 Å². The highest BCUT2D eigenvalue weighted by Crippen LogP contribution is 2.05. The number of nitrogens with one attached hydrogen (secondary N) is 1. The second kappa shape index (κ2) is 4.73. The van der Waals surface area contributed by atoms with E-state index < -0.39 is 6.10 Å². The molecule has 0 radical (unpaired) electrons. The average Bonchev–Trinajstić information content (AvgIpc) is 2.48. The largest absolute Gasteiger partial charge is 0.510 e. The Labute approximate surface area is 80.6 Å². The first-order chi connectivity index (χ1) is 6.65. The van der Waals surface area contributed by atoms with Crippen LogP contribution in [0.3, 0.4) is 0 Å². The fraction of sp³-hybridized carbons (Fsp3) is 0.500. The number of aliphatic imine (C=N–C) groups is 1. The third kappa shape index (κ3) is 2.54. The molecular formula is C8H12N2O4. The Hall–Kier alpha value is -1.40. The standard InChI is InChI=1S/C8H12N2O4/c11-4-5(12)1-9-2-6-7(13)3-10-8(6)14/h2,5,11-13H,1,3-4H2,(H,10,14)/t5-/m1/s1. The molecule has 0 saturated carbocycles. The Kier molecular flexibility index (Phi) is 3.61. The molecule has 0 aromatic heterocycles. The second-order valence-corrected chi connectivity index (χ2v) is 2.87. The topological polar surface area (TPSA) is 102 Å². The smallest absolute Gasteiger partial charge is 0.256 e. The maximum absolute atomic E-state index is 11.0. The van der Waals surface area contributed by atoms with Gasteiger partial charge in [-0.25, -0.2) is 0 Å². The Balaban J connectivity index is 2.51. The maximum Gasteiger partial charge on any atom is 0.256 e. The molecule has 0 aromatic carbocycles. The fourth-order valence-corrected chi connectivity index (χ4v) is 0.942. The predicted molar refractivity (Wildman–Crippen MR) is 49.1 cm³/mol. The molecule has 0 aliphatic carbocycles. The van der Waals surface area contributed by atoms with E-state index in [1.807, 2.05) is 0 Å². The van der Waals surface area contributed by atoms with Crippen LogP contribution in [0.25, 0.3) is 0 Å². The fourth-order valence-electron chi connectivity index (χ4n) is 0.942. The summed E-state index contributed by atoms with van der Waals surface area (Å²) in [5.74, 6) is -0.443. The van der Waals surface area contributed by atoms with Crippen molar-refractivity contribution in [2.45, 2.75) is 6.10 Å². The number of hydrogen-bond donors (Lipinski definition) is 4. The summed E-state index contributed by atoms with van der Waals surface area (Å²) >= 11 is 0. The Bertz CT molecular complexity index is 285. The third-order valence-electron chi connectivity index (χ3n) is 1.72. The molecule has 0 spiro atoms. The summed E-state index contributed by atoms with van der Waals surface area (Å²) in [6.45, 7) is -0.266. The van der Waals surface area contributed by atoms with Gasteiger partial charge in [0.2, 0.25) is 0 Å². The van der Waals surface area contributed by atoms with Crippen LogP contribution in [0.2, 0.25) is 0 Å². The van der Waals surface area contributed by atoms with Gasteiger partial charge in [-0.1, -0.05) is 0 Å². The zero-order valence-electron chi connectivity index (χ0n) is 7.47. The molecular weight excluding hydrogens is 188 g/mol. The zero-order valence-corrected chi connectivity index (χ0v) is 7.47. The molecule has 0 bridgehead atoms. The van der Waals surface area contributed by atoms with Gasteiger partial charge in [0.15, 0.2) is 0 Å². The number of carbonyl (C=O) groups excluding carboxylic acids is 1. The predicted octanol–water partition coefficient (Wildman–Crippen LogP) is -1.65. The van der Waals surface area contributed by atoms with Gasteiger partial charge < -0.3 is 20.6 Å². The minimum Gasteiger partial charge on any atom is -0.510 e. The van der Waals surface area contributed by atoms with Crippen LogP contribution in [0.1, 0.15) is 0 Å². The van der Waals surface area contributed by atoms with Gasteiger partial charge in [-0.05, 0) is 0 Å². The quantitative estimate of drug-likeness (QED) is 0.408. The van der Waals surface area contributed by atoms with Crippen molar-refractivity contribution in [1.82, 2.24) is 5.32 Å². The number of carbonyl (C=O) groups is 1. The van der Waals surface area contributed by atoms with Crippen LogP contribution in [0.4, 0.5) is 0 Å². The monoisotopic (exact) mass is 200 g/mol. The van der Waals surface area contributed by atoms with Crippen LogP contribution in [0.5, 0.6) is 0 Å². The molecule has 4 N–H and O–H groups in total. The molecule has 1 aliphatic rings. The van der Waals surface area contributed by atoms with E-state index in [1.54, 1.807) is 0 Å². The molecule has 0 saturated heterocycles. The van der Waals surface area contributed by atoms with Crippen molar-refractivity contribution in [2.24, 2.45) is 4.99 Å². The summed E-state index contributed by atoms with van der Waals surface area (Å²) in [7, 11) is 0. The first-order valence-electron chi connectivity index (χ1n) is 4.14. The second-order valence-electron chi connectivity index (χ2n) is 2.87. The van der Waals surface area contributed by atoms with Gasteiger partial charge in [0.1, 0.15) is 5.76 Å². The van der Waals surface area contributed by atoms with Crippen LogP contribution < -0.4 is 5.32 Å². The molecule has 1 atom stereocenters. The van der Waals surface area contributed by atoms with Crippen molar-refractivity contribution in [1.29, 1.82) is 0 Å². The zero-order chi connectivity index (χ0) is 10.6. The Morgan fingerprint density at radius 3 is 2.86 bits per heavy atom. The lowest BCUT2D eigenvalue weighted by atomic mass is 10.3. The highest BCUT2D eigenvalue weighted by molar-refractivity contribution is 6.14. The summed E-state index contributed by atoms with van der Waals surface area (Å²) in [5.41, 5.74) is 0.107. The SMILES string of the molecule is O=C1NCC(O)=C1C=NC[C@@H](O)CO. The van der Waals surface area contributed by atoms with Crippen LogP contribution in [0.15, 0.2) is 16.3 Å². The van der Waals surface area contributed by atoms with E-state index >= 15 is 0 Å². The van der Waals surface area contributed by atoms with Gasteiger partial charge in [-0.3, -0.25) is 9.79 Å². The van der Waals surface area contributed by atoms with Crippen LogP contribution in [-0.4, -0.2) is 53.2 Å². The van der Waals surface area contributed by atoms with Gasteiger partial charge in [-0.15, -0.1) is 0 Å². The van der Waals surface area contributed by atoms with Crippen molar-refractivity contribution >= 4 is 12.1 Å². The van der Waals surface area contributed by atoms with Gasteiger partial charge in [-0.2, -0.15) is 0 Å². The molecule has 6 heteroatoms. The van der Waals surface area contributed by atoms with Crippen LogP contribution in [-0.2, 0) is 4.79 Å². The number of amides is 1. The molecule has 1 heterocycles. The molecule has 1 rings (SSSR count). The normalized spacial score (nSPS) is 19.1. The average molecular weight is 200 g/mol. The molecule has 0 aromatic rings. The molecule has 1 amide bonds. The van der Waals surface area contributed by atoms with E-state index in [-0.39, 0.29) is 36.9 Å². The van der Waals surface area contributed by atoms with Gasteiger partial charge in [0, 0.05) is 6.21 Å². The maximum atomic E-state index is 11.0. The summed E-state index contributed by atoms with van der Waals surface area (Å²) in [6.07, 6.45) is 0.259. The van der Waals surface area contributed by atoms with Gasteiger partial charge in [0.25, 0.3) is 5.91 Å². The molecule has 14 heavy (non-hydrogen) atoms. The summed E-state index contributed by atoms with van der Waals surface area (Å²) < 4.78 is 0. The van der Waals surface area contributed by atoms with E-state index in [4.69, 9.17) is 10.2 Å². The molecule has 1 aliphatic heterocycles. The number of hydrogen-bond acceptors (Lipinski definition) is 5. The molecule has 0 unspecified atom stereocenters. The van der Waals surface area contributed by atoms with Crippen molar-refractivity contribution in [3.63, 3.8) is 0 Å². The van der Waals surface area contributed by atoms with Gasteiger partial charge in [0.05, 0.1) is 31.4 Å². The molecule has 0 fully saturated rings. The Morgan fingerprint density at radius 1 is 1.64 bits per heavy atom. The lowest BCUT2D eigenvalue weighted by molar-refractivity contribution is -0.116. The lowest BCUT2D eigenvalue weighted by Crippen LogP contribution is -2.19. The number of aliphatic hydroxyl groups excluding tert-OH is 3. The van der Waals surface area contributed by atoms with E-state index in [0.29, 0.717) is 0 Å². The van der Waals surface area contributed by atoms with Crippen LogP contribution >= 0.6 is 0 Å². The lowest BCUT2D eigenvalue weighted by Gasteiger charge is -2.00. The summed E-state index contributed by atoms with van der Waals surface area (Å²) in [4.78, 5) is 14.7. The highest BCUT2D eigenvalue weighted by atomic mass is 16.3. The van der Waals surface area contributed by atoms with E-state index in [1.165, 1.54) is 6.21 Å². The minimum absolute atomic E-state index is 0.000556. The van der Waals surface area contributed by atoms with Gasteiger partial charge >= 0.3 is 0 Å². The van der Waals surface area contributed by atoms with Crippen LogP contribution in [0, 0.1) is 0 Å². The minimum atomic E-state index is -0.932. The first kappa shape index (κ1) is 10.7. The number of aliphatic hydroxyl groups is 3. The third-order valence-corrected chi connectivity index (χ3v) is 1.72. The van der Waals surface area contributed by atoms with Crippen molar-refractivity contribution in [3.8, 4) is 0 Å². The molecule has 78 valence electrons. The Morgan fingerprint density at radius 2 is 2.36 bits per heavy atom. The van der Waals surface area contributed by atoms with Crippen molar-refractivity contribution < 1.29 is 20.1 Å². The summed E-state index contributed by atoms with van der Waals surface area (Å²) in [6, 6.07) is 0. The molecule has 6 nitrogen and oxygen atoms in total. The van der Waals surface area contributed by atoms with E-state index in [2.05, 4.69) is 10.3 Å². The van der Waals surface area contributed by atoms with Crippen molar-refractivity contribution in [2.75, 3.05) is 19.7 Å². The number of rotatable bonds is 4. The van der Waals surface area contributed by atoms with E-state index in [0.717, 1.165) is 0 Å². The highest BCUT2D eigenvalue weighted by Gasteiger charge is 2.19.